The average molecular weight is 294 g/mol. The Balaban J connectivity index is 1.93. The van der Waals surface area contributed by atoms with Gasteiger partial charge < -0.3 is 4.42 Å². The van der Waals surface area contributed by atoms with E-state index in [1.807, 2.05) is 0 Å². The molecule has 0 bridgehead atoms. The minimum Gasteiger partial charge on any atom is -0.432 e. The highest BCUT2D eigenvalue weighted by molar-refractivity contribution is 6.51. The van der Waals surface area contributed by atoms with Crippen LogP contribution in [-0.4, -0.2) is 21.5 Å². The minimum absolute atomic E-state index is 0.0685. The third-order valence-electron chi connectivity index (χ3n) is 3.41. The molecule has 5 nitrogen and oxygen atoms in total. The van der Waals surface area contributed by atoms with Gasteiger partial charge in [-0.1, -0.05) is 0 Å². The van der Waals surface area contributed by atoms with E-state index in [1.54, 1.807) is 12.1 Å². The molecular weight excluding hydrogens is 287 g/mol. The van der Waals surface area contributed by atoms with Gasteiger partial charge >= 0.3 is 0 Å². The van der Waals surface area contributed by atoms with Crippen molar-refractivity contribution in [2.45, 2.75) is 0 Å². The first kappa shape index (κ1) is 12.6. The average Bonchev–Trinajstić information content (AvgIpc) is 2.99. The van der Waals surface area contributed by atoms with E-state index in [0.29, 0.717) is 11.1 Å². The number of ketones is 2. The van der Waals surface area contributed by atoms with Crippen molar-refractivity contribution in [1.82, 2.24) is 9.97 Å². The van der Waals surface area contributed by atoms with Crippen LogP contribution in [0.25, 0.3) is 22.7 Å². The Morgan fingerprint density at radius 2 is 1.73 bits per heavy atom. The summed E-state index contributed by atoms with van der Waals surface area (Å²) in [6.07, 6.45) is 1.44. The third-order valence-corrected chi connectivity index (χ3v) is 3.41. The second kappa shape index (κ2) is 4.42. The highest BCUT2D eigenvalue weighted by atomic mass is 19.1. The maximum atomic E-state index is 13.0. The lowest BCUT2D eigenvalue weighted by molar-refractivity contribution is 0.0796. The van der Waals surface area contributed by atoms with E-state index in [1.165, 1.54) is 30.5 Å². The van der Waals surface area contributed by atoms with Crippen molar-refractivity contribution in [1.29, 1.82) is 0 Å². The SMILES string of the molecule is O=C1C(=O)c2oc(-c3ccc(F)cc3)nc2-c2cccnc21. The number of halogens is 1. The second-order valence-electron chi connectivity index (χ2n) is 4.76. The molecule has 0 saturated carbocycles. The van der Waals surface area contributed by atoms with Gasteiger partial charge in [0.15, 0.2) is 0 Å². The number of nitrogens with zero attached hydrogens (tertiary/aromatic N) is 2. The highest BCUT2D eigenvalue weighted by Gasteiger charge is 2.36. The molecule has 0 fully saturated rings. The van der Waals surface area contributed by atoms with Crippen LogP contribution in [0.5, 0.6) is 0 Å². The summed E-state index contributed by atoms with van der Waals surface area (Å²) in [5.41, 5.74) is 1.33. The molecule has 1 aliphatic carbocycles. The molecule has 6 heteroatoms. The molecule has 0 unspecified atom stereocenters. The first-order chi connectivity index (χ1) is 10.6. The van der Waals surface area contributed by atoms with Crippen molar-refractivity contribution >= 4 is 11.6 Å². The smallest absolute Gasteiger partial charge is 0.272 e. The lowest BCUT2D eigenvalue weighted by atomic mass is 9.95. The largest absolute Gasteiger partial charge is 0.432 e. The van der Waals surface area contributed by atoms with E-state index in [-0.39, 0.29) is 28.9 Å². The van der Waals surface area contributed by atoms with Crippen LogP contribution in [0.2, 0.25) is 0 Å². The van der Waals surface area contributed by atoms with Crippen LogP contribution in [-0.2, 0) is 0 Å². The summed E-state index contributed by atoms with van der Waals surface area (Å²) < 4.78 is 18.4. The predicted molar refractivity (Wildman–Crippen MR) is 73.8 cm³/mol. The standard InChI is InChI=1S/C16H7FN2O3/c17-9-5-3-8(4-6-9)16-19-12-10-2-1-7-18-11(10)13(20)14(21)15(12)22-16/h1-7H. The molecule has 0 radical (unpaired) electrons. The summed E-state index contributed by atoms with van der Waals surface area (Å²) in [5.74, 6) is -1.83. The predicted octanol–water partition coefficient (Wildman–Crippen LogP) is 2.92. The van der Waals surface area contributed by atoms with Gasteiger partial charge in [-0.2, -0.15) is 0 Å². The van der Waals surface area contributed by atoms with E-state index < -0.39 is 11.6 Å². The number of hydrogen-bond acceptors (Lipinski definition) is 5. The van der Waals surface area contributed by atoms with Crippen LogP contribution in [0, 0.1) is 5.82 Å². The monoisotopic (exact) mass is 294 g/mol. The quantitative estimate of drug-likeness (QED) is 0.645. The summed E-state index contributed by atoms with van der Waals surface area (Å²) in [6, 6.07) is 8.81. The molecule has 2 heterocycles. The molecule has 1 aromatic carbocycles. The van der Waals surface area contributed by atoms with Crippen molar-refractivity contribution in [2.24, 2.45) is 0 Å². The lowest BCUT2D eigenvalue weighted by Gasteiger charge is -2.09. The summed E-state index contributed by atoms with van der Waals surface area (Å²) in [6.45, 7) is 0. The minimum atomic E-state index is -0.776. The number of Topliss-reactive ketones (excluding diaryl/α,β-unsaturated/α-hetero) is 2. The van der Waals surface area contributed by atoms with Crippen LogP contribution in [0.15, 0.2) is 47.0 Å². The van der Waals surface area contributed by atoms with Gasteiger partial charge in [-0.25, -0.2) is 9.37 Å². The number of oxazole rings is 1. The summed E-state index contributed by atoms with van der Waals surface area (Å²) in [7, 11) is 0. The van der Waals surface area contributed by atoms with E-state index in [4.69, 9.17) is 4.42 Å². The maximum Gasteiger partial charge on any atom is 0.272 e. The van der Waals surface area contributed by atoms with E-state index >= 15 is 0 Å². The fourth-order valence-electron chi connectivity index (χ4n) is 2.36. The zero-order valence-corrected chi connectivity index (χ0v) is 11.0. The molecule has 0 amide bonds. The van der Waals surface area contributed by atoms with Gasteiger partial charge in [0.1, 0.15) is 17.2 Å². The molecular formula is C16H7FN2O3. The van der Waals surface area contributed by atoms with Crippen molar-refractivity contribution in [2.75, 3.05) is 0 Å². The normalized spacial score (nSPS) is 13.0. The third kappa shape index (κ3) is 1.70. The highest BCUT2D eigenvalue weighted by Crippen LogP contribution is 2.34. The number of fused-ring (bicyclic) bond motifs is 3. The van der Waals surface area contributed by atoms with Gasteiger partial charge in [-0.3, -0.25) is 14.6 Å². The van der Waals surface area contributed by atoms with Gasteiger partial charge in [-0.05, 0) is 36.4 Å². The van der Waals surface area contributed by atoms with Crippen LogP contribution in [0.3, 0.4) is 0 Å². The van der Waals surface area contributed by atoms with Gasteiger partial charge in [0.25, 0.3) is 11.6 Å². The van der Waals surface area contributed by atoms with E-state index in [0.717, 1.165) is 0 Å². The molecule has 1 aliphatic rings. The maximum absolute atomic E-state index is 13.0. The molecule has 0 spiro atoms. The van der Waals surface area contributed by atoms with Crippen molar-refractivity contribution in [3.63, 3.8) is 0 Å². The molecule has 0 saturated heterocycles. The zero-order chi connectivity index (χ0) is 15.3. The second-order valence-corrected chi connectivity index (χ2v) is 4.76. The number of aromatic nitrogens is 2. The molecule has 3 aromatic rings. The Bertz CT molecular complexity index is 929. The molecule has 22 heavy (non-hydrogen) atoms. The fraction of sp³-hybridized carbons (Fsp3) is 0. The number of carbonyl (C=O) groups excluding carboxylic acids is 2. The van der Waals surface area contributed by atoms with Gasteiger partial charge in [0.05, 0.1) is 0 Å². The molecule has 2 aromatic heterocycles. The number of rotatable bonds is 1. The number of carbonyl (C=O) groups is 2. The van der Waals surface area contributed by atoms with Crippen LogP contribution in [0.1, 0.15) is 21.0 Å². The van der Waals surface area contributed by atoms with Gasteiger partial charge in [0.2, 0.25) is 11.7 Å². The number of pyridine rings is 1. The summed E-state index contributed by atoms with van der Waals surface area (Å²) in [4.78, 5) is 32.3. The Labute approximate surface area is 123 Å². The molecule has 106 valence electrons. The van der Waals surface area contributed by atoms with Crippen molar-refractivity contribution < 1.29 is 18.4 Å². The lowest BCUT2D eigenvalue weighted by Crippen LogP contribution is -2.21. The molecule has 0 N–H and O–H groups in total. The van der Waals surface area contributed by atoms with Crippen LogP contribution in [0.4, 0.5) is 4.39 Å². The zero-order valence-electron chi connectivity index (χ0n) is 11.0. The summed E-state index contributed by atoms with van der Waals surface area (Å²) >= 11 is 0. The molecule has 0 aliphatic heterocycles. The molecule has 0 atom stereocenters. The number of hydrogen-bond donors (Lipinski definition) is 0. The van der Waals surface area contributed by atoms with Crippen LogP contribution < -0.4 is 0 Å². The van der Waals surface area contributed by atoms with E-state index in [2.05, 4.69) is 9.97 Å². The van der Waals surface area contributed by atoms with Gasteiger partial charge in [-0.15, -0.1) is 0 Å². The Kier molecular flexibility index (Phi) is 2.53. The Morgan fingerprint density at radius 1 is 0.955 bits per heavy atom. The van der Waals surface area contributed by atoms with Crippen molar-refractivity contribution in [3.8, 4) is 22.7 Å². The van der Waals surface area contributed by atoms with Gasteiger partial charge in [0, 0.05) is 17.3 Å². The first-order valence-corrected chi connectivity index (χ1v) is 6.46. The number of benzene rings is 1. The topological polar surface area (TPSA) is 73.1 Å². The Hall–Kier alpha value is -3.15. The Morgan fingerprint density at radius 3 is 2.50 bits per heavy atom. The van der Waals surface area contributed by atoms with Crippen molar-refractivity contribution in [3.05, 3.63) is 59.9 Å². The van der Waals surface area contributed by atoms with Crippen LogP contribution >= 0.6 is 0 Å². The fourth-order valence-corrected chi connectivity index (χ4v) is 2.36. The van der Waals surface area contributed by atoms with E-state index in [9.17, 15) is 14.0 Å². The first-order valence-electron chi connectivity index (χ1n) is 6.46. The summed E-state index contributed by atoms with van der Waals surface area (Å²) in [5, 5.41) is 0. The molecule has 4 rings (SSSR count).